The summed E-state index contributed by atoms with van der Waals surface area (Å²) in [5, 5.41) is 6.39. The van der Waals surface area contributed by atoms with E-state index in [1.807, 2.05) is 12.1 Å². The van der Waals surface area contributed by atoms with Gasteiger partial charge >= 0.3 is 0 Å². The number of hydrogen-bond acceptors (Lipinski definition) is 4. The van der Waals surface area contributed by atoms with Crippen molar-refractivity contribution in [1.29, 1.82) is 0 Å². The highest BCUT2D eigenvalue weighted by molar-refractivity contribution is 6.00. The summed E-state index contributed by atoms with van der Waals surface area (Å²) in [5.74, 6) is 0.752. The van der Waals surface area contributed by atoms with Crippen molar-refractivity contribution >= 4 is 23.0 Å². The molecule has 2 heterocycles. The van der Waals surface area contributed by atoms with Gasteiger partial charge in [0.25, 0.3) is 0 Å². The van der Waals surface area contributed by atoms with Gasteiger partial charge in [-0.25, -0.2) is 0 Å². The standard InChI is InChI=1S/C15H19N3O2/c16-10-5-9-6-14(19)18-12(9)7-13(10)17-11-3-4-20-15(11)8-1-2-8/h5,7-8,11,15,17H,1-4,6,16H2,(H,18,19). The van der Waals surface area contributed by atoms with Gasteiger partial charge in [-0.15, -0.1) is 0 Å². The Bertz CT molecular complexity index is 568. The fraction of sp³-hybridized carbons (Fsp3) is 0.533. The van der Waals surface area contributed by atoms with E-state index in [0.29, 0.717) is 30.2 Å². The van der Waals surface area contributed by atoms with Crippen LogP contribution in [-0.4, -0.2) is 24.7 Å². The molecule has 4 rings (SSSR count). The first-order chi connectivity index (χ1) is 9.70. The third-order valence-electron chi connectivity index (χ3n) is 4.46. The fourth-order valence-corrected chi connectivity index (χ4v) is 3.27. The smallest absolute Gasteiger partial charge is 0.228 e. The van der Waals surface area contributed by atoms with Gasteiger partial charge in [0, 0.05) is 12.3 Å². The molecule has 5 heteroatoms. The zero-order valence-electron chi connectivity index (χ0n) is 11.3. The second-order valence-electron chi connectivity index (χ2n) is 6.03. The lowest BCUT2D eigenvalue weighted by Crippen LogP contribution is -2.31. The first-order valence-electron chi connectivity index (χ1n) is 7.31. The summed E-state index contributed by atoms with van der Waals surface area (Å²) >= 11 is 0. The van der Waals surface area contributed by atoms with Crippen LogP contribution in [0.25, 0.3) is 0 Å². The van der Waals surface area contributed by atoms with Crippen molar-refractivity contribution in [2.24, 2.45) is 5.92 Å². The van der Waals surface area contributed by atoms with Gasteiger partial charge in [0.15, 0.2) is 0 Å². The van der Waals surface area contributed by atoms with Crippen LogP contribution in [0.4, 0.5) is 17.1 Å². The molecule has 4 N–H and O–H groups in total. The van der Waals surface area contributed by atoms with Crippen LogP contribution in [-0.2, 0) is 16.0 Å². The van der Waals surface area contributed by atoms with Gasteiger partial charge in [0.1, 0.15) is 0 Å². The number of anilines is 3. The number of nitrogen functional groups attached to an aromatic ring is 1. The molecule has 0 radical (unpaired) electrons. The van der Waals surface area contributed by atoms with Crippen LogP contribution >= 0.6 is 0 Å². The molecule has 1 aliphatic carbocycles. The number of hydrogen-bond donors (Lipinski definition) is 3. The van der Waals surface area contributed by atoms with Gasteiger partial charge in [-0.1, -0.05) is 0 Å². The van der Waals surface area contributed by atoms with Crippen molar-refractivity contribution in [3.63, 3.8) is 0 Å². The topological polar surface area (TPSA) is 76.4 Å². The molecule has 2 aliphatic heterocycles. The molecule has 0 spiro atoms. The maximum atomic E-state index is 11.4. The molecule has 2 unspecified atom stereocenters. The third kappa shape index (κ3) is 2.02. The molecule has 1 aromatic rings. The molecule has 20 heavy (non-hydrogen) atoms. The highest BCUT2D eigenvalue weighted by Gasteiger charge is 2.40. The van der Waals surface area contributed by atoms with E-state index in [1.54, 1.807) is 0 Å². The number of amides is 1. The summed E-state index contributed by atoms with van der Waals surface area (Å²) in [5.41, 5.74) is 9.60. The van der Waals surface area contributed by atoms with E-state index in [0.717, 1.165) is 30.0 Å². The molecule has 0 aromatic heterocycles. The Balaban J connectivity index is 1.56. The highest BCUT2D eigenvalue weighted by atomic mass is 16.5. The van der Waals surface area contributed by atoms with Crippen LogP contribution in [0.1, 0.15) is 24.8 Å². The van der Waals surface area contributed by atoms with Crippen molar-refractivity contribution in [3.8, 4) is 0 Å². The van der Waals surface area contributed by atoms with E-state index in [-0.39, 0.29) is 5.91 Å². The lowest BCUT2D eigenvalue weighted by Gasteiger charge is -2.22. The molecule has 5 nitrogen and oxygen atoms in total. The van der Waals surface area contributed by atoms with Crippen molar-refractivity contribution in [2.45, 2.75) is 37.8 Å². The molecule has 2 atom stereocenters. The van der Waals surface area contributed by atoms with E-state index in [2.05, 4.69) is 10.6 Å². The minimum absolute atomic E-state index is 0.0385. The lowest BCUT2D eigenvalue weighted by molar-refractivity contribution is -0.115. The average Bonchev–Trinajstić information content (AvgIpc) is 3.04. The van der Waals surface area contributed by atoms with Gasteiger partial charge in [0.2, 0.25) is 5.91 Å². The van der Waals surface area contributed by atoms with Crippen molar-refractivity contribution < 1.29 is 9.53 Å². The fourth-order valence-electron chi connectivity index (χ4n) is 3.27. The number of fused-ring (bicyclic) bond motifs is 1. The predicted octanol–water partition coefficient (Wildman–Crippen LogP) is 1.74. The van der Waals surface area contributed by atoms with E-state index < -0.39 is 0 Å². The Morgan fingerprint density at radius 3 is 2.95 bits per heavy atom. The van der Waals surface area contributed by atoms with Crippen LogP contribution in [0.15, 0.2) is 12.1 Å². The number of benzene rings is 1. The Morgan fingerprint density at radius 2 is 2.15 bits per heavy atom. The Morgan fingerprint density at radius 1 is 1.30 bits per heavy atom. The molecule has 0 bridgehead atoms. The van der Waals surface area contributed by atoms with Crippen molar-refractivity contribution in [1.82, 2.24) is 0 Å². The van der Waals surface area contributed by atoms with Gasteiger partial charge in [-0.3, -0.25) is 4.79 Å². The first-order valence-corrected chi connectivity index (χ1v) is 7.31. The van der Waals surface area contributed by atoms with Crippen LogP contribution in [0, 0.1) is 5.92 Å². The molecule has 106 valence electrons. The monoisotopic (exact) mass is 273 g/mol. The number of nitrogens with one attached hydrogen (secondary N) is 2. The van der Waals surface area contributed by atoms with Gasteiger partial charge in [0.05, 0.1) is 29.9 Å². The minimum atomic E-state index is 0.0385. The van der Waals surface area contributed by atoms with E-state index in [1.165, 1.54) is 12.8 Å². The molecule has 1 amide bonds. The van der Waals surface area contributed by atoms with Gasteiger partial charge in [-0.2, -0.15) is 0 Å². The van der Waals surface area contributed by atoms with Crippen LogP contribution in [0.2, 0.25) is 0 Å². The van der Waals surface area contributed by atoms with Crippen LogP contribution in [0.5, 0.6) is 0 Å². The Hall–Kier alpha value is -1.75. The predicted molar refractivity (Wildman–Crippen MR) is 77.7 cm³/mol. The second-order valence-corrected chi connectivity index (χ2v) is 6.03. The first kappa shape index (κ1) is 12.0. The molecule has 1 saturated heterocycles. The quantitative estimate of drug-likeness (QED) is 0.733. The number of ether oxygens (including phenoxy) is 1. The van der Waals surface area contributed by atoms with Crippen molar-refractivity contribution in [2.75, 3.05) is 23.0 Å². The van der Waals surface area contributed by atoms with Gasteiger partial charge < -0.3 is 21.1 Å². The summed E-state index contributed by atoms with van der Waals surface area (Å²) in [6.45, 7) is 0.820. The van der Waals surface area contributed by atoms with Crippen molar-refractivity contribution in [3.05, 3.63) is 17.7 Å². The summed E-state index contributed by atoms with van der Waals surface area (Å²) < 4.78 is 5.84. The summed E-state index contributed by atoms with van der Waals surface area (Å²) in [6.07, 6.45) is 4.32. The minimum Gasteiger partial charge on any atom is -0.397 e. The van der Waals surface area contributed by atoms with Gasteiger partial charge in [-0.05, 0) is 42.9 Å². The van der Waals surface area contributed by atoms with E-state index in [9.17, 15) is 4.79 Å². The molecule has 2 fully saturated rings. The van der Waals surface area contributed by atoms with Crippen LogP contribution < -0.4 is 16.4 Å². The largest absolute Gasteiger partial charge is 0.397 e. The number of rotatable bonds is 3. The average molecular weight is 273 g/mol. The molecule has 1 aromatic carbocycles. The Kier molecular flexibility index (Phi) is 2.63. The molecule has 1 saturated carbocycles. The normalized spacial score (nSPS) is 28.3. The lowest BCUT2D eigenvalue weighted by atomic mass is 10.0. The summed E-state index contributed by atoms with van der Waals surface area (Å²) in [6, 6.07) is 4.19. The SMILES string of the molecule is Nc1cc2c(cc1NC1CCOC1C1CC1)NC(=O)C2. The Labute approximate surface area is 117 Å². The molecule has 3 aliphatic rings. The number of nitrogens with two attached hydrogens (primary N) is 1. The third-order valence-corrected chi connectivity index (χ3v) is 4.46. The number of carbonyl (C=O) groups excluding carboxylic acids is 1. The molecular weight excluding hydrogens is 254 g/mol. The summed E-state index contributed by atoms with van der Waals surface area (Å²) in [7, 11) is 0. The van der Waals surface area contributed by atoms with Crippen LogP contribution in [0.3, 0.4) is 0 Å². The number of carbonyl (C=O) groups is 1. The second kappa shape index (κ2) is 4.38. The zero-order valence-corrected chi connectivity index (χ0v) is 11.3. The van der Waals surface area contributed by atoms with E-state index >= 15 is 0 Å². The maximum absolute atomic E-state index is 11.4. The zero-order chi connectivity index (χ0) is 13.7. The highest BCUT2D eigenvalue weighted by Crippen LogP contribution is 2.40. The maximum Gasteiger partial charge on any atom is 0.228 e. The summed E-state index contributed by atoms with van der Waals surface area (Å²) in [4.78, 5) is 11.4. The molecular formula is C15H19N3O2. The van der Waals surface area contributed by atoms with E-state index in [4.69, 9.17) is 10.5 Å².